The van der Waals surface area contributed by atoms with Crippen molar-refractivity contribution >= 4 is 5.97 Å². The van der Waals surface area contributed by atoms with Crippen LogP contribution in [-0.2, 0) is 4.79 Å². The van der Waals surface area contributed by atoms with Gasteiger partial charge < -0.3 is 15.2 Å². The number of carboxylic acid groups (broad SMARTS) is 1. The molecule has 1 aliphatic rings. The van der Waals surface area contributed by atoms with Gasteiger partial charge in [-0.3, -0.25) is 5.32 Å². The third kappa shape index (κ3) is 1.68. The van der Waals surface area contributed by atoms with Crippen LogP contribution >= 0.6 is 0 Å². The lowest BCUT2D eigenvalue weighted by Gasteiger charge is -2.30. The van der Waals surface area contributed by atoms with Gasteiger partial charge in [-0.15, -0.1) is 0 Å². The second-order valence-corrected chi connectivity index (χ2v) is 2.50. The van der Waals surface area contributed by atoms with Crippen molar-refractivity contribution in [2.75, 3.05) is 6.54 Å². The molecule has 0 aromatic carbocycles. The second kappa shape index (κ2) is 2.98. The fourth-order valence-corrected chi connectivity index (χ4v) is 1.07. The number of carbonyl (C=O) groups excluding carboxylic acids is 1. The van der Waals surface area contributed by atoms with Crippen LogP contribution in [0.2, 0.25) is 0 Å². The first-order valence-electron chi connectivity index (χ1n) is 3.40. The van der Waals surface area contributed by atoms with Crippen LogP contribution in [0.25, 0.3) is 0 Å². The van der Waals surface area contributed by atoms with Crippen molar-refractivity contribution in [3.8, 4) is 0 Å². The van der Waals surface area contributed by atoms with Gasteiger partial charge in [-0.2, -0.15) is 0 Å². The lowest BCUT2D eigenvalue weighted by Crippen LogP contribution is -2.58. The number of carbonyl (C=O) groups is 1. The zero-order valence-corrected chi connectivity index (χ0v) is 5.89. The molecule has 2 N–H and O–H groups in total. The minimum absolute atomic E-state index is 0.0802. The highest BCUT2D eigenvalue weighted by Gasteiger charge is 2.16. The van der Waals surface area contributed by atoms with Crippen molar-refractivity contribution in [3.05, 3.63) is 0 Å². The van der Waals surface area contributed by atoms with E-state index in [0.29, 0.717) is 6.42 Å². The molecule has 0 aromatic rings. The number of rotatable bonds is 1. The minimum atomic E-state index is -1.01. The van der Waals surface area contributed by atoms with Crippen LogP contribution < -0.4 is 15.7 Å². The number of aliphatic carboxylic acids is 1. The Labute approximate surface area is 59.6 Å². The molecule has 1 fully saturated rings. The first kappa shape index (κ1) is 7.50. The predicted molar refractivity (Wildman–Crippen MR) is 34.0 cm³/mol. The maximum atomic E-state index is 10.3. The Balaban J connectivity index is 2.39. The molecule has 0 amide bonds. The van der Waals surface area contributed by atoms with Crippen LogP contribution in [0.5, 0.6) is 0 Å². The van der Waals surface area contributed by atoms with Gasteiger partial charge in [0.05, 0.1) is 12.1 Å². The summed E-state index contributed by atoms with van der Waals surface area (Å²) >= 11 is 0. The van der Waals surface area contributed by atoms with Crippen molar-refractivity contribution in [1.82, 2.24) is 10.6 Å². The molecular formula is C6H11N2O2-. The average Bonchev–Trinajstić information content (AvgIpc) is 1.88. The summed E-state index contributed by atoms with van der Waals surface area (Å²) in [5, 5.41) is 16.2. The summed E-state index contributed by atoms with van der Waals surface area (Å²) in [6, 6.07) is -0.476. The number of carboxylic acids is 1. The zero-order valence-electron chi connectivity index (χ0n) is 5.89. The van der Waals surface area contributed by atoms with Gasteiger partial charge in [0, 0.05) is 6.04 Å². The molecule has 1 saturated heterocycles. The van der Waals surface area contributed by atoms with Gasteiger partial charge in [0.25, 0.3) is 0 Å². The molecule has 0 spiro atoms. The molecule has 4 heteroatoms. The quantitative estimate of drug-likeness (QED) is 0.447. The molecule has 1 unspecified atom stereocenters. The van der Waals surface area contributed by atoms with E-state index in [-0.39, 0.29) is 6.17 Å². The van der Waals surface area contributed by atoms with E-state index in [2.05, 4.69) is 10.6 Å². The topological polar surface area (TPSA) is 64.2 Å². The highest BCUT2D eigenvalue weighted by atomic mass is 16.4. The van der Waals surface area contributed by atoms with Crippen LogP contribution in [0.3, 0.4) is 0 Å². The van der Waals surface area contributed by atoms with E-state index in [0.717, 1.165) is 6.54 Å². The molecule has 1 heterocycles. The molecule has 58 valence electrons. The van der Waals surface area contributed by atoms with E-state index in [1.54, 1.807) is 0 Å². The van der Waals surface area contributed by atoms with E-state index >= 15 is 0 Å². The SMILES string of the molecule is CC1NCC[C@@H](C(=O)[O-])N1. The molecular weight excluding hydrogens is 132 g/mol. The van der Waals surface area contributed by atoms with Gasteiger partial charge >= 0.3 is 0 Å². The number of nitrogens with one attached hydrogen (secondary N) is 2. The van der Waals surface area contributed by atoms with Gasteiger partial charge in [-0.05, 0) is 19.9 Å². The van der Waals surface area contributed by atoms with Crippen LogP contribution in [0, 0.1) is 0 Å². The fraction of sp³-hybridized carbons (Fsp3) is 0.833. The van der Waals surface area contributed by atoms with Crippen molar-refractivity contribution in [2.45, 2.75) is 25.6 Å². The number of hydrogen-bond acceptors (Lipinski definition) is 4. The van der Waals surface area contributed by atoms with Gasteiger partial charge in [0.2, 0.25) is 0 Å². The van der Waals surface area contributed by atoms with Crippen molar-refractivity contribution < 1.29 is 9.90 Å². The molecule has 2 atom stereocenters. The van der Waals surface area contributed by atoms with E-state index in [9.17, 15) is 9.90 Å². The van der Waals surface area contributed by atoms with Gasteiger partial charge in [0.1, 0.15) is 0 Å². The molecule has 4 nitrogen and oxygen atoms in total. The molecule has 10 heavy (non-hydrogen) atoms. The standard InChI is InChI=1S/C6H12N2O2/c1-4-7-3-2-5(8-4)6(9)10/h4-5,7-8H,2-3H2,1H3,(H,9,10)/p-1/t4?,5-/m0/s1. The molecule has 0 saturated carbocycles. The first-order chi connectivity index (χ1) is 4.70. The van der Waals surface area contributed by atoms with Gasteiger partial charge in [-0.25, -0.2) is 0 Å². The highest BCUT2D eigenvalue weighted by Crippen LogP contribution is 1.96. The summed E-state index contributed by atoms with van der Waals surface area (Å²) in [5.41, 5.74) is 0. The molecule has 0 bridgehead atoms. The normalized spacial score (nSPS) is 33.7. The third-order valence-electron chi connectivity index (χ3n) is 1.62. The van der Waals surface area contributed by atoms with E-state index in [4.69, 9.17) is 0 Å². The molecule has 1 aliphatic heterocycles. The van der Waals surface area contributed by atoms with Gasteiger partial charge in [-0.1, -0.05) is 0 Å². The van der Waals surface area contributed by atoms with Crippen LogP contribution in [0.1, 0.15) is 13.3 Å². The largest absolute Gasteiger partial charge is 0.548 e. The predicted octanol–water partition coefficient (Wildman–Crippen LogP) is -1.97. The Morgan fingerprint density at radius 3 is 2.80 bits per heavy atom. The fourth-order valence-electron chi connectivity index (χ4n) is 1.07. The Hall–Kier alpha value is -0.610. The highest BCUT2D eigenvalue weighted by molar-refractivity contribution is 5.71. The van der Waals surface area contributed by atoms with E-state index < -0.39 is 12.0 Å². The summed E-state index contributed by atoms with van der Waals surface area (Å²) in [5.74, 6) is -1.01. The summed E-state index contributed by atoms with van der Waals surface area (Å²) in [7, 11) is 0. The Bertz CT molecular complexity index is 138. The van der Waals surface area contributed by atoms with Crippen LogP contribution in [0.15, 0.2) is 0 Å². The van der Waals surface area contributed by atoms with Crippen LogP contribution in [-0.4, -0.2) is 24.7 Å². The van der Waals surface area contributed by atoms with Crippen molar-refractivity contribution in [1.29, 1.82) is 0 Å². The summed E-state index contributed by atoms with van der Waals surface area (Å²) in [6.07, 6.45) is 0.684. The molecule has 0 aromatic heterocycles. The second-order valence-electron chi connectivity index (χ2n) is 2.50. The number of hydrogen-bond donors (Lipinski definition) is 2. The zero-order chi connectivity index (χ0) is 7.56. The molecule has 0 aliphatic carbocycles. The summed E-state index contributed by atoms with van der Waals surface area (Å²) < 4.78 is 0. The Morgan fingerprint density at radius 1 is 1.70 bits per heavy atom. The molecule has 0 radical (unpaired) electrons. The van der Waals surface area contributed by atoms with Gasteiger partial charge in [0.15, 0.2) is 0 Å². The van der Waals surface area contributed by atoms with Crippen molar-refractivity contribution in [2.24, 2.45) is 0 Å². The monoisotopic (exact) mass is 143 g/mol. The first-order valence-corrected chi connectivity index (χ1v) is 3.40. The van der Waals surface area contributed by atoms with E-state index in [1.807, 2.05) is 6.92 Å². The van der Waals surface area contributed by atoms with Crippen molar-refractivity contribution in [3.63, 3.8) is 0 Å². The lowest BCUT2D eigenvalue weighted by molar-refractivity contribution is -0.309. The van der Waals surface area contributed by atoms with Crippen LogP contribution in [0.4, 0.5) is 0 Å². The molecule has 1 rings (SSSR count). The summed E-state index contributed by atoms with van der Waals surface area (Å²) in [4.78, 5) is 10.3. The summed E-state index contributed by atoms with van der Waals surface area (Å²) in [6.45, 7) is 2.63. The maximum Gasteiger partial charge on any atom is 0.0585 e. The average molecular weight is 143 g/mol. The minimum Gasteiger partial charge on any atom is -0.548 e. The van der Waals surface area contributed by atoms with E-state index in [1.165, 1.54) is 0 Å². The Morgan fingerprint density at radius 2 is 2.40 bits per heavy atom. The Kier molecular flexibility index (Phi) is 2.24. The third-order valence-corrected chi connectivity index (χ3v) is 1.62. The smallest absolute Gasteiger partial charge is 0.0585 e. The lowest BCUT2D eigenvalue weighted by atomic mass is 10.1. The maximum absolute atomic E-state index is 10.3.